The Bertz CT molecular complexity index is 993. The molecule has 0 aliphatic heterocycles. The SMILES string of the molecule is C=C(CNC(=O)c1ccc(-c2ccccc2)cc1)NC1CCCc2ccccc21. The van der Waals surface area contributed by atoms with Gasteiger partial charge in [-0.05, 0) is 53.6 Å². The van der Waals surface area contributed by atoms with E-state index in [0.717, 1.165) is 29.7 Å². The fourth-order valence-electron chi connectivity index (χ4n) is 3.93. The maximum atomic E-state index is 12.5. The molecule has 1 aliphatic rings. The van der Waals surface area contributed by atoms with Gasteiger partial charge in [0.15, 0.2) is 0 Å². The van der Waals surface area contributed by atoms with Crippen molar-refractivity contribution < 1.29 is 4.79 Å². The normalized spacial score (nSPS) is 15.2. The molecule has 3 heteroatoms. The summed E-state index contributed by atoms with van der Waals surface area (Å²) in [6, 6.07) is 26.7. The lowest BCUT2D eigenvalue weighted by Gasteiger charge is -2.28. The van der Waals surface area contributed by atoms with Crippen molar-refractivity contribution in [2.24, 2.45) is 0 Å². The van der Waals surface area contributed by atoms with Gasteiger partial charge in [0.25, 0.3) is 5.91 Å². The molecule has 4 rings (SSSR count). The van der Waals surface area contributed by atoms with Gasteiger partial charge in [-0.15, -0.1) is 0 Å². The van der Waals surface area contributed by atoms with Gasteiger partial charge in [0, 0.05) is 11.3 Å². The van der Waals surface area contributed by atoms with Crippen LogP contribution in [0.4, 0.5) is 0 Å². The second-order valence-corrected chi connectivity index (χ2v) is 7.52. The number of aryl methyl sites for hydroxylation is 1. The maximum absolute atomic E-state index is 12.5. The molecule has 0 bridgehead atoms. The third-order valence-corrected chi connectivity index (χ3v) is 5.46. The molecule has 0 fully saturated rings. The van der Waals surface area contributed by atoms with Crippen molar-refractivity contribution in [3.05, 3.63) is 108 Å². The summed E-state index contributed by atoms with van der Waals surface area (Å²) >= 11 is 0. The van der Waals surface area contributed by atoms with E-state index in [4.69, 9.17) is 0 Å². The molecular weight excluding hydrogens is 356 g/mol. The molecule has 0 heterocycles. The van der Waals surface area contributed by atoms with Crippen LogP contribution < -0.4 is 10.6 Å². The Kier molecular flexibility index (Phi) is 5.76. The second kappa shape index (κ2) is 8.78. The van der Waals surface area contributed by atoms with Crippen LogP contribution in [0.2, 0.25) is 0 Å². The summed E-state index contributed by atoms with van der Waals surface area (Å²) in [5, 5.41) is 6.47. The molecule has 3 nitrogen and oxygen atoms in total. The van der Waals surface area contributed by atoms with Crippen molar-refractivity contribution in [1.82, 2.24) is 10.6 Å². The third-order valence-electron chi connectivity index (χ3n) is 5.46. The van der Waals surface area contributed by atoms with Crippen LogP contribution in [-0.4, -0.2) is 12.5 Å². The molecule has 0 radical (unpaired) electrons. The Hall–Kier alpha value is -3.33. The molecule has 2 N–H and O–H groups in total. The van der Waals surface area contributed by atoms with Gasteiger partial charge in [0.1, 0.15) is 0 Å². The number of benzene rings is 3. The minimum Gasteiger partial charge on any atom is -0.381 e. The number of hydrogen-bond donors (Lipinski definition) is 2. The molecule has 1 unspecified atom stereocenters. The van der Waals surface area contributed by atoms with E-state index in [1.165, 1.54) is 17.5 Å². The number of carbonyl (C=O) groups excluding carboxylic acids is 1. The van der Waals surface area contributed by atoms with Crippen LogP contribution in [0.25, 0.3) is 11.1 Å². The molecule has 3 aromatic carbocycles. The summed E-state index contributed by atoms with van der Waals surface area (Å²) in [4.78, 5) is 12.5. The van der Waals surface area contributed by atoms with Crippen molar-refractivity contribution in [2.45, 2.75) is 25.3 Å². The van der Waals surface area contributed by atoms with E-state index in [1.54, 1.807) is 0 Å². The van der Waals surface area contributed by atoms with E-state index in [1.807, 2.05) is 42.5 Å². The van der Waals surface area contributed by atoms with Gasteiger partial charge in [0.05, 0.1) is 12.6 Å². The largest absolute Gasteiger partial charge is 0.381 e. The van der Waals surface area contributed by atoms with E-state index >= 15 is 0 Å². The first kappa shape index (κ1) is 19.0. The standard InChI is InChI=1S/C26H26N2O/c1-19(28-25-13-7-11-22-10-5-6-12-24(22)25)18-27-26(29)23-16-14-21(15-17-23)20-8-3-2-4-9-20/h2-6,8-10,12,14-17,25,28H,1,7,11,13,18H2,(H,27,29). The van der Waals surface area contributed by atoms with Crippen LogP contribution in [0.15, 0.2) is 91.1 Å². The fourth-order valence-corrected chi connectivity index (χ4v) is 3.93. The molecular formula is C26H26N2O. The highest BCUT2D eigenvalue weighted by molar-refractivity contribution is 5.94. The van der Waals surface area contributed by atoms with Crippen molar-refractivity contribution in [1.29, 1.82) is 0 Å². The Labute approximate surface area is 172 Å². The smallest absolute Gasteiger partial charge is 0.251 e. The van der Waals surface area contributed by atoms with Crippen LogP contribution in [0.3, 0.4) is 0 Å². The summed E-state index contributed by atoms with van der Waals surface area (Å²) in [5.41, 5.74) is 6.49. The number of nitrogens with one attached hydrogen (secondary N) is 2. The third kappa shape index (κ3) is 4.57. The van der Waals surface area contributed by atoms with E-state index < -0.39 is 0 Å². The van der Waals surface area contributed by atoms with Gasteiger partial charge in [0.2, 0.25) is 0 Å². The zero-order valence-electron chi connectivity index (χ0n) is 16.5. The van der Waals surface area contributed by atoms with Gasteiger partial charge in [-0.2, -0.15) is 0 Å². The number of hydrogen-bond acceptors (Lipinski definition) is 2. The van der Waals surface area contributed by atoms with Crippen LogP contribution >= 0.6 is 0 Å². The Morgan fingerprint density at radius 2 is 1.59 bits per heavy atom. The fraction of sp³-hybridized carbons (Fsp3) is 0.192. The lowest BCUT2D eigenvalue weighted by Crippen LogP contribution is -2.32. The molecule has 0 spiro atoms. The Morgan fingerprint density at radius 1 is 0.897 bits per heavy atom. The predicted molar refractivity (Wildman–Crippen MR) is 119 cm³/mol. The molecule has 29 heavy (non-hydrogen) atoms. The molecule has 1 atom stereocenters. The van der Waals surface area contributed by atoms with Crippen molar-refractivity contribution in [3.8, 4) is 11.1 Å². The minimum absolute atomic E-state index is 0.0865. The zero-order chi connectivity index (χ0) is 20.1. The molecule has 146 valence electrons. The average molecular weight is 383 g/mol. The van der Waals surface area contributed by atoms with Crippen molar-refractivity contribution in [3.63, 3.8) is 0 Å². The molecule has 0 aromatic heterocycles. The van der Waals surface area contributed by atoms with Crippen LogP contribution in [0.1, 0.15) is 40.4 Å². The van der Waals surface area contributed by atoms with E-state index in [9.17, 15) is 4.79 Å². The highest BCUT2D eigenvalue weighted by atomic mass is 16.1. The number of amides is 1. The summed E-state index contributed by atoms with van der Waals surface area (Å²) in [6.07, 6.45) is 3.39. The van der Waals surface area contributed by atoms with Crippen molar-refractivity contribution >= 4 is 5.91 Å². The second-order valence-electron chi connectivity index (χ2n) is 7.52. The minimum atomic E-state index is -0.0865. The summed E-state index contributed by atoms with van der Waals surface area (Å²) < 4.78 is 0. The first-order valence-electron chi connectivity index (χ1n) is 10.2. The first-order valence-corrected chi connectivity index (χ1v) is 10.2. The quantitative estimate of drug-likeness (QED) is 0.610. The van der Waals surface area contributed by atoms with Crippen LogP contribution in [0.5, 0.6) is 0 Å². The summed E-state index contributed by atoms with van der Waals surface area (Å²) in [5.74, 6) is -0.0865. The van der Waals surface area contributed by atoms with E-state index in [2.05, 4.69) is 53.6 Å². The molecule has 0 saturated heterocycles. The van der Waals surface area contributed by atoms with Crippen LogP contribution in [-0.2, 0) is 6.42 Å². The van der Waals surface area contributed by atoms with Crippen LogP contribution in [0, 0.1) is 0 Å². The molecule has 3 aromatic rings. The lowest BCUT2D eigenvalue weighted by molar-refractivity contribution is 0.0956. The van der Waals surface area contributed by atoms with E-state index in [0.29, 0.717) is 12.1 Å². The Balaban J connectivity index is 1.32. The molecule has 0 saturated carbocycles. The average Bonchev–Trinajstić information content (AvgIpc) is 2.78. The highest BCUT2D eigenvalue weighted by Gasteiger charge is 2.19. The van der Waals surface area contributed by atoms with E-state index in [-0.39, 0.29) is 11.9 Å². The van der Waals surface area contributed by atoms with Gasteiger partial charge >= 0.3 is 0 Å². The van der Waals surface area contributed by atoms with Gasteiger partial charge in [-0.1, -0.05) is 73.3 Å². The zero-order valence-corrected chi connectivity index (χ0v) is 16.5. The lowest BCUT2D eigenvalue weighted by atomic mass is 9.87. The number of fused-ring (bicyclic) bond motifs is 1. The topological polar surface area (TPSA) is 41.1 Å². The predicted octanol–water partition coefficient (Wildman–Crippen LogP) is 5.26. The Morgan fingerprint density at radius 3 is 2.38 bits per heavy atom. The number of carbonyl (C=O) groups is 1. The highest BCUT2D eigenvalue weighted by Crippen LogP contribution is 2.29. The maximum Gasteiger partial charge on any atom is 0.251 e. The summed E-state index contributed by atoms with van der Waals surface area (Å²) in [7, 11) is 0. The first-order chi connectivity index (χ1) is 14.2. The molecule has 1 aliphatic carbocycles. The van der Waals surface area contributed by atoms with Crippen molar-refractivity contribution in [2.75, 3.05) is 6.54 Å². The number of rotatable bonds is 6. The molecule has 1 amide bonds. The summed E-state index contributed by atoms with van der Waals surface area (Å²) in [6.45, 7) is 4.53. The van der Waals surface area contributed by atoms with Gasteiger partial charge in [-0.25, -0.2) is 0 Å². The van der Waals surface area contributed by atoms with Gasteiger partial charge < -0.3 is 10.6 Å². The monoisotopic (exact) mass is 382 g/mol. The van der Waals surface area contributed by atoms with Gasteiger partial charge in [-0.3, -0.25) is 4.79 Å².